The molecule has 0 atom stereocenters. The van der Waals surface area contributed by atoms with Gasteiger partial charge in [0.05, 0.1) is 6.26 Å². The van der Waals surface area contributed by atoms with Crippen LogP contribution in [-0.4, -0.2) is 23.3 Å². The van der Waals surface area contributed by atoms with E-state index in [0.717, 1.165) is 12.8 Å². The molecule has 1 aliphatic heterocycles. The lowest BCUT2D eigenvalue weighted by Gasteiger charge is -2.23. The van der Waals surface area contributed by atoms with E-state index in [9.17, 15) is 9.59 Å². The van der Waals surface area contributed by atoms with Crippen molar-refractivity contribution in [3.63, 3.8) is 0 Å². The number of likely N-dealkylation sites (tertiary alicyclic amines) is 1. The molecule has 0 aliphatic carbocycles. The Balaban J connectivity index is 1.99. The molecule has 2 amide bonds. The molecule has 1 aromatic rings. The largest absolute Gasteiger partial charge is 0.465 e. The normalized spacial score (nSPS) is 17.0. The highest BCUT2D eigenvalue weighted by Crippen LogP contribution is 2.11. The number of carbonyl (C=O) groups is 2. The predicted octanol–water partition coefficient (Wildman–Crippen LogP) is 1.83. The molecular weight excluding hydrogens is 206 g/mol. The van der Waals surface area contributed by atoms with Crippen LogP contribution in [0.15, 0.2) is 28.9 Å². The molecular formula is C12H13NO3. The van der Waals surface area contributed by atoms with Crippen LogP contribution in [0.2, 0.25) is 0 Å². The summed E-state index contributed by atoms with van der Waals surface area (Å²) in [5.41, 5.74) is 0. The van der Waals surface area contributed by atoms with Crippen LogP contribution in [0.1, 0.15) is 25.0 Å². The second kappa shape index (κ2) is 4.79. The van der Waals surface area contributed by atoms with E-state index in [-0.39, 0.29) is 11.8 Å². The lowest BCUT2D eigenvalue weighted by molar-refractivity contribution is -0.143. The van der Waals surface area contributed by atoms with Gasteiger partial charge in [-0.1, -0.05) is 0 Å². The van der Waals surface area contributed by atoms with Gasteiger partial charge in [0, 0.05) is 19.0 Å². The molecule has 0 unspecified atom stereocenters. The van der Waals surface area contributed by atoms with Crippen molar-refractivity contribution in [2.24, 2.45) is 0 Å². The molecule has 0 aromatic carbocycles. The number of carbonyl (C=O) groups excluding carboxylic acids is 2. The van der Waals surface area contributed by atoms with Crippen molar-refractivity contribution >= 4 is 17.9 Å². The van der Waals surface area contributed by atoms with Gasteiger partial charge in [0.2, 0.25) is 5.91 Å². The zero-order chi connectivity index (χ0) is 11.4. The molecule has 0 bridgehead atoms. The van der Waals surface area contributed by atoms with Crippen molar-refractivity contribution in [1.29, 1.82) is 0 Å². The third-order valence-corrected chi connectivity index (χ3v) is 2.52. The van der Waals surface area contributed by atoms with Crippen LogP contribution in [0, 0.1) is 0 Å². The Morgan fingerprint density at radius 2 is 2.31 bits per heavy atom. The number of imide groups is 1. The number of hydrogen-bond acceptors (Lipinski definition) is 3. The lowest BCUT2D eigenvalue weighted by Crippen LogP contribution is -2.39. The van der Waals surface area contributed by atoms with Crippen LogP contribution in [-0.2, 0) is 9.59 Å². The molecule has 1 saturated heterocycles. The summed E-state index contributed by atoms with van der Waals surface area (Å²) in [5, 5.41) is 0. The highest BCUT2D eigenvalue weighted by molar-refractivity contribution is 6.03. The summed E-state index contributed by atoms with van der Waals surface area (Å²) in [5.74, 6) is 0.263. The third-order valence-electron chi connectivity index (χ3n) is 2.52. The standard InChI is InChI=1S/C12H13NO3/c14-11-5-1-2-8-13(11)12(15)7-6-10-4-3-9-16-10/h3-4,6-7,9H,1-2,5,8H2/b7-6+. The first-order chi connectivity index (χ1) is 7.77. The van der Waals surface area contributed by atoms with Gasteiger partial charge in [0.1, 0.15) is 5.76 Å². The average Bonchev–Trinajstić information content (AvgIpc) is 2.79. The van der Waals surface area contributed by atoms with Gasteiger partial charge in [-0.3, -0.25) is 14.5 Å². The summed E-state index contributed by atoms with van der Waals surface area (Å²) in [6.45, 7) is 0.528. The van der Waals surface area contributed by atoms with E-state index in [0.29, 0.717) is 18.7 Å². The number of rotatable bonds is 2. The maximum Gasteiger partial charge on any atom is 0.253 e. The summed E-state index contributed by atoms with van der Waals surface area (Å²) >= 11 is 0. The fourth-order valence-corrected chi connectivity index (χ4v) is 1.67. The molecule has 4 heteroatoms. The number of amides is 2. The van der Waals surface area contributed by atoms with Gasteiger partial charge in [0.25, 0.3) is 5.91 Å². The van der Waals surface area contributed by atoms with Gasteiger partial charge in [-0.15, -0.1) is 0 Å². The van der Waals surface area contributed by atoms with Crippen molar-refractivity contribution in [1.82, 2.24) is 4.90 Å². The second-order valence-electron chi connectivity index (χ2n) is 3.69. The third kappa shape index (κ3) is 2.39. The maximum absolute atomic E-state index is 11.7. The number of hydrogen-bond donors (Lipinski definition) is 0. The molecule has 1 aliphatic rings. The SMILES string of the molecule is O=C(/C=C/c1ccco1)N1CCCCC1=O. The monoisotopic (exact) mass is 219 g/mol. The van der Waals surface area contributed by atoms with Gasteiger partial charge in [-0.25, -0.2) is 0 Å². The van der Waals surface area contributed by atoms with E-state index in [4.69, 9.17) is 4.42 Å². The van der Waals surface area contributed by atoms with Crippen LogP contribution >= 0.6 is 0 Å². The average molecular weight is 219 g/mol. The van der Waals surface area contributed by atoms with Crippen LogP contribution in [0.4, 0.5) is 0 Å². The summed E-state index contributed by atoms with van der Waals surface area (Å²) in [4.78, 5) is 24.4. The Hall–Kier alpha value is -1.84. The van der Waals surface area contributed by atoms with Crippen molar-refractivity contribution in [2.75, 3.05) is 6.54 Å². The van der Waals surface area contributed by atoms with Crippen molar-refractivity contribution < 1.29 is 14.0 Å². The van der Waals surface area contributed by atoms with Crippen LogP contribution < -0.4 is 0 Å². The van der Waals surface area contributed by atoms with E-state index in [1.54, 1.807) is 18.2 Å². The zero-order valence-electron chi connectivity index (χ0n) is 8.89. The highest BCUT2D eigenvalue weighted by Gasteiger charge is 2.22. The summed E-state index contributed by atoms with van der Waals surface area (Å²) in [6, 6.07) is 3.50. The highest BCUT2D eigenvalue weighted by atomic mass is 16.3. The minimum absolute atomic E-state index is 0.0830. The van der Waals surface area contributed by atoms with Crippen LogP contribution in [0.3, 0.4) is 0 Å². The Morgan fingerprint density at radius 1 is 1.44 bits per heavy atom. The van der Waals surface area contributed by atoms with E-state index in [1.165, 1.54) is 17.2 Å². The second-order valence-corrected chi connectivity index (χ2v) is 3.69. The van der Waals surface area contributed by atoms with Gasteiger partial charge < -0.3 is 4.42 Å². The van der Waals surface area contributed by atoms with E-state index in [2.05, 4.69) is 0 Å². The Morgan fingerprint density at radius 3 is 3.00 bits per heavy atom. The zero-order valence-corrected chi connectivity index (χ0v) is 8.89. The molecule has 0 saturated carbocycles. The first kappa shape index (κ1) is 10.7. The quantitative estimate of drug-likeness (QED) is 0.713. The number of nitrogens with zero attached hydrogens (tertiary/aromatic N) is 1. The maximum atomic E-state index is 11.7. The smallest absolute Gasteiger partial charge is 0.253 e. The predicted molar refractivity (Wildman–Crippen MR) is 58.3 cm³/mol. The topological polar surface area (TPSA) is 50.5 Å². The fourth-order valence-electron chi connectivity index (χ4n) is 1.67. The molecule has 84 valence electrons. The van der Waals surface area contributed by atoms with Gasteiger partial charge in [0.15, 0.2) is 0 Å². The number of furan rings is 1. The van der Waals surface area contributed by atoms with Gasteiger partial charge >= 0.3 is 0 Å². The minimum Gasteiger partial charge on any atom is -0.465 e. The molecule has 2 rings (SSSR count). The molecule has 2 heterocycles. The first-order valence-electron chi connectivity index (χ1n) is 5.33. The van der Waals surface area contributed by atoms with Crippen molar-refractivity contribution in [3.8, 4) is 0 Å². The molecule has 1 fully saturated rings. The number of piperidine rings is 1. The molecule has 16 heavy (non-hydrogen) atoms. The molecule has 0 spiro atoms. The van der Waals surface area contributed by atoms with E-state index in [1.807, 2.05) is 0 Å². The lowest BCUT2D eigenvalue weighted by atomic mass is 10.1. The van der Waals surface area contributed by atoms with Gasteiger partial charge in [-0.05, 0) is 31.1 Å². The Kier molecular flexibility index (Phi) is 3.19. The van der Waals surface area contributed by atoms with Crippen molar-refractivity contribution in [3.05, 3.63) is 30.2 Å². The Labute approximate surface area is 93.5 Å². The molecule has 1 aromatic heterocycles. The molecule has 0 N–H and O–H groups in total. The summed E-state index contributed by atoms with van der Waals surface area (Å²) in [7, 11) is 0. The first-order valence-corrected chi connectivity index (χ1v) is 5.33. The van der Waals surface area contributed by atoms with Gasteiger partial charge in [-0.2, -0.15) is 0 Å². The van der Waals surface area contributed by atoms with Crippen LogP contribution in [0.25, 0.3) is 6.08 Å². The van der Waals surface area contributed by atoms with Crippen LogP contribution in [0.5, 0.6) is 0 Å². The summed E-state index contributed by atoms with van der Waals surface area (Å²) in [6.07, 6.45) is 6.74. The Bertz CT molecular complexity index is 406. The summed E-state index contributed by atoms with van der Waals surface area (Å²) < 4.78 is 5.06. The van der Waals surface area contributed by atoms with E-state index < -0.39 is 0 Å². The minimum atomic E-state index is -0.263. The molecule has 0 radical (unpaired) electrons. The van der Waals surface area contributed by atoms with E-state index >= 15 is 0 Å². The van der Waals surface area contributed by atoms with Crippen molar-refractivity contribution in [2.45, 2.75) is 19.3 Å². The fraction of sp³-hybridized carbons (Fsp3) is 0.333. The molecule has 4 nitrogen and oxygen atoms in total.